The SMILES string of the molecule is COc1cc2ccccc2cc1C(=O)Nc1ccc2oc(-c3ccc(N(C)C)cc3)nc2c1. The minimum absolute atomic E-state index is 0.250. The molecule has 0 saturated heterocycles. The van der Waals surface area contributed by atoms with E-state index in [9.17, 15) is 4.79 Å². The van der Waals surface area contributed by atoms with Crippen molar-refractivity contribution in [3.8, 4) is 17.2 Å². The predicted octanol–water partition coefficient (Wildman–Crippen LogP) is 5.97. The molecule has 5 rings (SSSR count). The van der Waals surface area contributed by atoms with Crippen LogP contribution in [0.15, 0.2) is 83.3 Å². The molecule has 0 unspecified atom stereocenters. The molecule has 1 N–H and O–H groups in total. The minimum atomic E-state index is -0.250. The first-order valence-corrected chi connectivity index (χ1v) is 10.6. The summed E-state index contributed by atoms with van der Waals surface area (Å²) in [5, 5.41) is 4.94. The number of hydrogen-bond donors (Lipinski definition) is 1. The average molecular weight is 437 g/mol. The Balaban J connectivity index is 1.42. The third-order valence-corrected chi connectivity index (χ3v) is 5.59. The molecule has 0 aliphatic carbocycles. The topological polar surface area (TPSA) is 67.6 Å². The fourth-order valence-corrected chi connectivity index (χ4v) is 3.79. The van der Waals surface area contributed by atoms with Gasteiger partial charge in [-0.25, -0.2) is 4.98 Å². The fourth-order valence-electron chi connectivity index (χ4n) is 3.79. The van der Waals surface area contributed by atoms with Crippen molar-refractivity contribution in [3.63, 3.8) is 0 Å². The van der Waals surface area contributed by atoms with E-state index in [4.69, 9.17) is 9.15 Å². The molecule has 5 aromatic rings. The lowest BCUT2D eigenvalue weighted by Crippen LogP contribution is -2.13. The van der Waals surface area contributed by atoms with Gasteiger partial charge < -0.3 is 19.4 Å². The Morgan fingerprint density at radius 2 is 1.67 bits per heavy atom. The zero-order valence-electron chi connectivity index (χ0n) is 18.6. The summed E-state index contributed by atoms with van der Waals surface area (Å²) in [6.45, 7) is 0. The van der Waals surface area contributed by atoms with Gasteiger partial charge in [0.25, 0.3) is 5.91 Å². The lowest BCUT2D eigenvalue weighted by molar-refractivity contribution is 0.102. The van der Waals surface area contributed by atoms with E-state index in [0.717, 1.165) is 22.0 Å². The van der Waals surface area contributed by atoms with Gasteiger partial charge in [-0.2, -0.15) is 0 Å². The van der Waals surface area contributed by atoms with Crippen molar-refractivity contribution in [2.24, 2.45) is 0 Å². The van der Waals surface area contributed by atoms with Crippen LogP contribution in [0.4, 0.5) is 11.4 Å². The first-order chi connectivity index (χ1) is 16.0. The van der Waals surface area contributed by atoms with Crippen LogP contribution in [0, 0.1) is 0 Å². The summed E-state index contributed by atoms with van der Waals surface area (Å²) in [5.74, 6) is 0.812. The molecule has 0 saturated carbocycles. The normalized spacial score (nSPS) is 11.0. The molecule has 1 aromatic heterocycles. The molecule has 0 aliphatic rings. The summed E-state index contributed by atoms with van der Waals surface area (Å²) < 4.78 is 11.4. The Bertz CT molecular complexity index is 1470. The quantitative estimate of drug-likeness (QED) is 0.367. The van der Waals surface area contributed by atoms with E-state index < -0.39 is 0 Å². The number of fused-ring (bicyclic) bond motifs is 2. The summed E-state index contributed by atoms with van der Waals surface area (Å²) in [6, 6.07) is 25.0. The van der Waals surface area contributed by atoms with Crippen LogP contribution in [0.25, 0.3) is 33.3 Å². The second-order valence-electron chi connectivity index (χ2n) is 8.00. The van der Waals surface area contributed by atoms with Gasteiger partial charge in [-0.15, -0.1) is 0 Å². The maximum Gasteiger partial charge on any atom is 0.259 e. The molecule has 0 radical (unpaired) electrons. The van der Waals surface area contributed by atoms with Crippen molar-refractivity contribution in [2.45, 2.75) is 0 Å². The zero-order valence-corrected chi connectivity index (χ0v) is 18.6. The number of ether oxygens (including phenoxy) is 1. The Kier molecular flexibility index (Phi) is 5.18. The van der Waals surface area contributed by atoms with Crippen LogP contribution in [0.3, 0.4) is 0 Å². The molecule has 0 spiro atoms. The van der Waals surface area contributed by atoms with E-state index >= 15 is 0 Å². The van der Waals surface area contributed by atoms with Crippen LogP contribution < -0.4 is 15.0 Å². The third-order valence-electron chi connectivity index (χ3n) is 5.59. The van der Waals surface area contributed by atoms with Crippen LogP contribution in [0.5, 0.6) is 5.75 Å². The average Bonchev–Trinajstić information content (AvgIpc) is 3.26. The minimum Gasteiger partial charge on any atom is -0.496 e. The van der Waals surface area contributed by atoms with E-state index in [-0.39, 0.29) is 5.91 Å². The summed E-state index contributed by atoms with van der Waals surface area (Å²) in [6.07, 6.45) is 0. The van der Waals surface area contributed by atoms with Crippen molar-refractivity contribution < 1.29 is 13.9 Å². The maximum atomic E-state index is 13.0. The van der Waals surface area contributed by atoms with E-state index in [1.54, 1.807) is 13.2 Å². The second-order valence-corrected chi connectivity index (χ2v) is 8.00. The lowest BCUT2D eigenvalue weighted by Gasteiger charge is -2.11. The van der Waals surface area contributed by atoms with Gasteiger partial charge in [-0.1, -0.05) is 24.3 Å². The predicted molar refractivity (Wildman–Crippen MR) is 132 cm³/mol. The van der Waals surface area contributed by atoms with Crippen LogP contribution in [0.2, 0.25) is 0 Å². The summed E-state index contributed by atoms with van der Waals surface area (Å²) in [7, 11) is 5.56. The number of oxazole rings is 1. The molecule has 33 heavy (non-hydrogen) atoms. The highest BCUT2D eigenvalue weighted by molar-refractivity contribution is 6.09. The Morgan fingerprint density at radius 3 is 2.36 bits per heavy atom. The van der Waals surface area contributed by atoms with Crippen molar-refractivity contribution >= 4 is 39.2 Å². The van der Waals surface area contributed by atoms with Crippen LogP contribution in [-0.2, 0) is 0 Å². The van der Waals surface area contributed by atoms with E-state index in [2.05, 4.69) is 10.3 Å². The molecule has 0 fully saturated rings. The largest absolute Gasteiger partial charge is 0.496 e. The smallest absolute Gasteiger partial charge is 0.259 e. The zero-order chi connectivity index (χ0) is 22.9. The van der Waals surface area contributed by atoms with Crippen molar-refractivity contribution in [3.05, 3.63) is 84.4 Å². The molecule has 0 atom stereocenters. The van der Waals surface area contributed by atoms with Gasteiger partial charge in [0, 0.05) is 31.0 Å². The Morgan fingerprint density at radius 1 is 0.939 bits per heavy atom. The molecule has 6 nitrogen and oxygen atoms in total. The molecular weight excluding hydrogens is 414 g/mol. The number of carbonyl (C=O) groups is 1. The van der Waals surface area contributed by atoms with Gasteiger partial charge in [0.05, 0.1) is 12.7 Å². The number of rotatable bonds is 5. The number of nitrogens with one attached hydrogen (secondary N) is 1. The van der Waals surface area contributed by atoms with Gasteiger partial charge in [0.1, 0.15) is 11.3 Å². The van der Waals surface area contributed by atoms with E-state index in [1.807, 2.05) is 91.8 Å². The number of amides is 1. The van der Waals surface area contributed by atoms with Crippen LogP contribution in [-0.4, -0.2) is 32.1 Å². The maximum absolute atomic E-state index is 13.0. The monoisotopic (exact) mass is 437 g/mol. The standard InChI is InChI=1S/C27H23N3O3/c1-30(2)21-11-8-17(9-12-21)27-29-23-16-20(10-13-24(23)33-27)28-26(31)22-14-18-6-4-5-7-19(18)15-25(22)32-3/h4-16H,1-3H3,(H,28,31). The number of methoxy groups -OCH3 is 1. The number of hydrogen-bond acceptors (Lipinski definition) is 5. The number of anilines is 2. The van der Waals surface area contributed by atoms with E-state index in [0.29, 0.717) is 34.0 Å². The van der Waals surface area contributed by atoms with Crippen molar-refractivity contribution in [1.82, 2.24) is 4.98 Å². The molecule has 0 aliphatic heterocycles. The van der Waals surface area contributed by atoms with Gasteiger partial charge in [-0.05, 0) is 65.4 Å². The van der Waals surface area contributed by atoms with Gasteiger partial charge >= 0.3 is 0 Å². The van der Waals surface area contributed by atoms with Gasteiger partial charge in [-0.3, -0.25) is 4.79 Å². The number of nitrogens with zero attached hydrogens (tertiary/aromatic N) is 2. The Hall–Kier alpha value is -4.32. The molecule has 4 aromatic carbocycles. The number of benzene rings is 4. The Labute approximate surface area is 191 Å². The van der Waals surface area contributed by atoms with Crippen LogP contribution in [0.1, 0.15) is 10.4 Å². The molecule has 164 valence electrons. The molecule has 6 heteroatoms. The van der Waals surface area contributed by atoms with Crippen LogP contribution >= 0.6 is 0 Å². The fraction of sp³-hybridized carbons (Fsp3) is 0.111. The molecule has 0 bridgehead atoms. The van der Waals surface area contributed by atoms with Crippen molar-refractivity contribution in [1.29, 1.82) is 0 Å². The molecule has 1 amide bonds. The first-order valence-electron chi connectivity index (χ1n) is 10.6. The lowest BCUT2D eigenvalue weighted by atomic mass is 10.1. The number of carbonyl (C=O) groups excluding carboxylic acids is 1. The van der Waals surface area contributed by atoms with Gasteiger partial charge in [0.2, 0.25) is 5.89 Å². The molecule has 1 heterocycles. The van der Waals surface area contributed by atoms with Gasteiger partial charge in [0.15, 0.2) is 5.58 Å². The highest BCUT2D eigenvalue weighted by Crippen LogP contribution is 2.29. The summed E-state index contributed by atoms with van der Waals surface area (Å²) in [5.41, 5.74) is 4.42. The molecular formula is C27H23N3O3. The van der Waals surface area contributed by atoms with E-state index in [1.165, 1.54) is 0 Å². The number of aromatic nitrogens is 1. The highest BCUT2D eigenvalue weighted by Gasteiger charge is 2.15. The summed E-state index contributed by atoms with van der Waals surface area (Å²) in [4.78, 5) is 19.7. The van der Waals surface area contributed by atoms with Crippen molar-refractivity contribution in [2.75, 3.05) is 31.4 Å². The second kappa shape index (κ2) is 8.31. The third kappa shape index (κ3) is 3.99. The summed E-state index contributed by atoms with van der Waals surface area (Å²) >= 11 is 0. The first kappa shape index (κ1) is 20.6. The highest BCUT2D eigenvalue weighted by atomic mass is 16.5.